The third-order valence-electron chi connectivity index (χ3n) is 3.60. The van der Waals surface area contributed by atoms with E-state index < -0.39 is 5.97 Å². The number of rotatable bonds is 7. The average Bonchev–Trinajstić information content (AvgIpc) is 3.15. The van der Waals surface area contributed by atoms with Crippen molar-refractivity contribution in [3.05, 3.63) is 58.9 Å². The molecule has 3 aromatic rings. The first-order valence-electron chi connectivity index (χ1n) is 8.17. The molecule has 27 heavy (non-hydrogen) atoms. The van der Waals surface area contributed by atoms with Crippen LogP contribution in [0.4, 0.5) is 0 Å². The highest BCUT2D eigenvalue weighted by Crippen LogP contribution is 2.29. The Balaban J connectivity index is 1.67. The maximum absolute atomic E-state index is 12.3. The van der Waals surface area contributed by atoms with E-state index in [1.54, 1.807) is 36.4 Å². The van der Waals surface area contributed by atoms with Crippen molar-refractivity contribution in [2.45, 2.75) is 13.5 Å². The summed E-state index contributed by atoms with van der Waals surface area (Å²) in [6, 6.07) is 11.9. The maximum atomic E-state index is 12.3. The molecule has 8 heteroatoms. The number of hydrogen-bond acceptors (Lipinski definition) is 7. The number of halogens is 1. The summed E-state index contributed by atoms with van der Waals surface area (Å²) in [6.45, 7) is 2.19. The van der Waals surface area contributed by atoms with Gasteiger partial charge in [-0.2, -0.15) is 0 Å². The van der Waals surface area contributed by atoms with Crippen LogP contribution in [-0.2, 0) is 11.3 Å². The van der Waals surface area contributed by atoms with Gasteiger partial charge in [0.2, 0.25) is 5.89 Å². The third kappa shape index (κ3) is 4.38. The molecular formula is C19H17ClN2O5. The van der Waals surface area contributed by atoms with E-state index in [0.29, 0.717) is 34.3 Å². The van der Waals surface area contributed by atoms with Gasteiger partial charge in [-0.15, -0.1) is 10.2 Å². The highest BCUT2D eigenvalue weighted by molar-refractivity contribution is 6.33. The number of hydrogen-bond donors (Lipinski definition) is 0. The van der Waals surface area contributed by atoms with Crippen molar-refractivity contribution in [3.8, 4) is 23.0 Å². The zero-order valence-corrected chi connectivity index (χ0v) is 15.5. The standard InChI is InChI=1S/C19H17ClN2O5/c1-3-25-15-9-8-12(10-16(15)24-2)19(23)26-11-17-21-22-18(27-17)13-6-4-5-7-14(13)20/h4-10H,3,11H2,1-2H3. The number of benzene rings is 2. The Bertz CT molecular complexity index is 941. The predicted molar refractivity (Wildman–Crippen MR) is 98.0 cm³/mol. The molecule has 0 aliphatic heterocycles. The molecule has 0 unspecified atom stereocenters. The lowest BCUT2D eigenvalue weighted by molar-refractivity contribution is 0.0438. The summed E-state index contributed by atoms with van der Waals surface area (Å²) in [6.07, 6.45) is 0. The summed E-state index contributed by atoms with van der Waals surface area (Å²) in [5.41, 5.74) is 0.932. The van der Waals surface area contributed by atoms with E-state index in [9.17, 15) is 4.79 Å². The van der Waals surface area contributed by atoms with Gasteiger partial charge in [0.15, 0.2) is 18.1 Å². The van der Waals surface area contributed by atoms with Crippen molar-refractivity contribution >= 4 is 17.6 Å². The summed E-state index contributed by atoms with van der Waals surface area (Å²) in [5, 5.41) is 8.29. The van der Waals surface area contributed by atoms with Crippen molar-refractivity contribution in [1.29, 1.82) is 0 Å². The molecule has 0 spiro atoms. The minimum absolute atomic E-state index is 0.161. The van der Waals surface area contributed by atoms with Gasteiger partial charge in [0, 0.05) is 0 Å². The second kappa shape index (κ2) is 8.55. The quantitative estimate of drug-likeness (QED) is 0.562. The van der Waals surface area contributed by atoms with Crippen LogP contribution in [0.1, 0.15) is 23.2 Å². The number of aromatic nitrogens is 2. The van der Waals surface area contributed by atoms with Gasteiger partial charge in [0.05, 0.1) is 29.9 Å². The molecule has 0 bridgehead atoms. The lowest BCUT2D eigenvalue weighted by Crippen LogP contribution is -2.06. The normalized spacial score (nSPS) is 10.5. The zero-order valence-electron chi connectivity index (χ0n) is 14.8. The molecular weight excluding hydrogens is 372 g/mol. The van der Waals surface area contributed by atoms with Crippen molar-refractivity contribution in [1.82, 2.24) is 10.2 Å². The summed E-state index contributed by atoms with van der Waals surface area (Å²) in [4.78, 5) is 12.3. The van der Waals surface area contributed by atoms with Crippen molar-refractivity contribution in [2.24, 2.45) is 0 Å². The van der Waals surface area contributed by atoms with Crippen LogP contribution in [0.5, 0.6) is 11.5 Å². The van der Waals surface area contributed by atoms with E-state index in [2.05, 4.69) is 10.2 Å². The van der Waals surface area contributed by atoms with Gasteiger partial charge in [-0.1, -0.05) is 23.7 Å². The first-order chi connectivity index (χ1) is 13.1. The second-order valence-corrected chi connectivity index (χ2v) is 5.76. The summed E-state index contributed by atoms with van der Waals surface area (Å²) >= 11 is 6.10. The number of esters is 1. The zero-order chi connectivity index (χ0) is 19.2. The summed E-state index contributed by atoms with van der Waals surface area (Å²) in [7, 11) is 1.50. The first-order valence-corrected chi connectivity index (χ1v) is 8.55. The molecule has 0 N–H and O–H groups in total. The Morgan fingerprint density at radius 3 is 2.70 bits per heavy atom. The second-order valence-electron chi connectivity index (χ2n) is 5.36. The van der Waals surface area contributed by atoms with Crippen LogP contribution in [0.2, 0.25) is 5.02 Å². The summed E-state index contributed by atoms with van der Waals surface area (Å²) in [5.74, 6) is 0.877. The lowest BCUT2D eigenvalue weighted by atomic mass is 10.2. The topological polar surface area (TPSA) is 83.7 Å². The Hall–Kier alpha value is -3.06. The van der Waals surface area contributed by atoms with Crippen molar-refractivity contribution in [3.63, 3.8) is 0 Å². The fraction of sp³-hybridized carbons (Fsp3) is 0.211. The third-order valence-corrected chi connectivity index (χ3v) is 3.93. The van der Waals surface area contributed by atoms with E-state index in [-0.39, 0.29) is 18.4 Å². The van der Waals surface area contributed by atoms with Crippen LogP contribution in [0.25, 0.3) is 11.5 Å². The fourth-order valence-electron chi connectivity index (χ4n) is 2.34. The van der Waals surface area contributed by atoms with Gasteiger partial charge >= 0.3 is 5.97 Å². The van der Waals surface area contributed by atoms with Gasteiger partial charge in [0.25, 0.3) is 5.89 Å². The van der Waals surface area contributed by atoms with Crippen molar-refractivity contribution in [2.75, 3.05) is 13.7 Å². The van der Waals surface area contributed by atoms with E-state index in [0.717, 1.165) is 0 Å². The SMILES string of the molecule is CCOc1ccc(C(=O)OCc2nnc(-c3ccccc3Cl)o2)cc1OC. The molecule has 0 saturated heterocycles. The van der Waals surface area contributed by atoms with Gasteiger partial charge in [-0.05, 0) is 37.3 Å². The Labute approximate surface area is 160 Å². The van der Waals surface area contributed by atoms with Gasteiger partial charge in [-0.25, -0.2) is 4.79 Å². The first kappa shape index (κ1) is 18.7. The van der Waals surface area contributed by atoms with E-state index >= 15 is 0 Å². The van der Waals surface area contributed by atoms with E-state index in [1.165, 1.54) is 7.11 Å². The monoisotopic (exact) mass is 388 g/mol. The van der Waals surface area contributed by atoms with Crippen LogP contribution < -0.4 is 9.47 Å². The number of carbonyl (C=O) groups is 1. The average molecular weight is 389 g/mol. The predicted octanol–water partition coefficient (Wildman–Crippen LogP) is 4.15. The van der Waals surface area contributed by atoms with Crippen LogP contribution in [0.15, 0.2) is 46.9 Å². The smallest absolute Gasteiger partial charge is 0.338 e. The van der Waals surface area contributed by atoms with Crippen LogP contribution in [0.3, 0.4) is 0 Å². The molecule has 1 heterocycles. The van der Waals surface area contributed by atoms with Crippen LogP contribution in [-0.4, -0.2) is 29.9 Å². The number of methoxy groups -OCH3 is 1. The molecule has 3 rings (SSSR count). The number of nitrogens with zero attached hydrogens (tertiary/aromatic N) is 2. The van der Waals surface area contributed by atoms with E-state index in [1.807, 2.05) is 13.0 Å². The summed E-state index contributed by atoms with van der Waals surface area (Å²) < 4.78 is 21.4. The number of ether oxygens (including phenoxy) is 3. The van der Waals surface area contributed by atoms with Crippen LogP contribution in [0, 0.1) is 0 Å². The minimum Gasteiger partial charge on any atom is -0.493 e. The van der Waals surface area contributed by atoms with Crippen LogP contribution >= 0.6 is 11.6 Å². The molecule has 140 valence electrons. The van der Waals surface area contributed by atoms with Crippen molar-refractivity contribution < 1.29 is 23.4 Å². The highest BCUT2D eigenvalue weighted by atomic mass is 35.5. The van der Waals surface area contributed by atoms with Gasteiger partial charge < -0.3 is 18.6 Å². The molecule has 0 amide bonds. The number of carbonyl (C=O) groups excluding carboxylic acids is 1. The molecule has 0 radical (unpaired) electrons. The minimum atomic E-state index is -0.547. The molecule has 0 saturated carbocycles. The molecule has 0 atom stereocenters. The van der Waals surface area contributed by atoms with E-state index in [4.69, 9.17) is 30.2 Å². The Morgan fingerprint density at radius 2 is 1.96 bits per heavy atom. The maximum Gasteiger partial charge on any atom is 0.338 e. The largest absolute Gasteiger partial charge is 0.493 e. The molecule has 7 nitrogen and oxygen atoms in total. The molecule has 0 aliphatic rings. The molecule has 2 aromatic carbocycles. The molecule has 0 aliphatic carbocycles. The van der Waals surface area contributed by atoms with Gasteiger partial charge in [-0.3, -0.25) is 0 Å². The molecule has 0 fully saturated rings. The lowest BCUT2D eigenvalue weighted by Gasteiger charge is -2.10. The molecule has 1 aromatic heterocycles. The highest BCUT2D eigenvalue weighted by Gasteiger charge is 2.15. The fourth-order valence-corrected chi connectivity index (χ4v) is 2.55. The Morgan fingerprint density at radius 1 is 1.15 bits per heavy atom. The Kier molecular flexibility index (Phi) is 5.93. The van der Waals surface area contributed by atoms with Gasteiger partial charge in [0.1, 0.15) is 0 Å².